The van der Waals surface area contributed by atoms with Crippen LogP contribution in [0.2, 0.25) is 0 Å². The lowest BCUT2D eigenvalue weighted by atomic mass is 10.2. The summed E-state index contributed by atoms with van der Waals surface area (Å²) in [4.78, 5) is 0. The van der Waals surface area contributed by atoms with Crippen LogP contribution in [-0.4, -0.2) is 33.5 Å². The molecule has 3 N–H and O–H groups in total. The Labute approximate surface area is 107 Å². The normalized spacial score (nSPS) is 10.6. The molecular weight excluding hydrogens is 235 g/mol. The van der Waals surface area contributed by atoms with E-state index in [1.54, 1.807) is 13.2 Å². The van der Waals surface area contributed by atoms with Crippen LogP contribution in [0.4, 0.5) is 15.8 Å². The summed E-state index contributed by atoms with van der Waals surface area (Å²) in [5.74, 6) is -0.315. The predicted molar refractivity (Wildman–Crippen MR) is 71.2 cm³/mol. The summed E-state index contributed by atoms with van der Waals surface area (Å²) in [6, 6.07) is 4.36. The van der Waals surface area contributed by atoms with Crippen LogP contribution in [-0.2, 0) is 9.47 Å². The lowest BCUT2D eigenvalue weighted by Gasteiger charge is -2.09. The molecule has 0 heterocycles. The van der Waals surface area contributed by atoms with E-state index in [2.05, 4.69) is 5.32 Å². The first-order chi connectivity index (χ1) is 8.74. The molecule has 0 aromatic heterocycles. The molecule has 0 fully saturated rings. The number of hydrogen-bond donors (Lipinski definition) is 2. The Morgan fingerprint density at radius 1 is 1.22 bits per heavy atom. The van der Waals surface area contributed by atoms with Gasteiger partial charge < -0.3 is 20.5 Å². The van der Waals surface area contributed by atoms with Crippen molar-refractivity contribution in [1.82, 2.24) is 0 Å². The van der Waals surface area contributed by atoms with Gasteiger partial charge in [-0.3, -0.25) is 0 Å². The Hall–Kier alpha value is -1.33. The summed E-state index contributed by atoms with van der Waals surface area (Å²) in [6.07, 6.45) is 1.95. The van der Waals surface area contributed by atoms with Crippen LogP contribution in [0.15, 0.2) is 18.2 Å². The van der Waals surface area contributed by atoms with E-state index >= 15 is 0 Å². The molecule has 1 rings (SSSR count). The molecule has 1 aromatic carbocycles. The van der Waals surface area contributed by atoms with E-state index in [0.29, 0.717) is 18.9 Å². The fraction of sp³-hybridized carbons (Fsp3) is 0.538. The average Bonchev–Trinajstić information content (AvgIpc) is 2.35. The molecule has 0 bridgehead atoms. The van der Waals surface area contributed by atoms with E-state index in [1.165, 1.54) is 12.1 Å². The van der Waals surface area contributed by atoms with Crippen molar-refractivity contribution < 1.29 is 13.9 Å². The van der Waals surface area contributed by atoms with Crippen molar-refractivity contribution in [2.45, 2.75) is 12.8 Å². The zero-order valence-electron chi connectivity index (χ0n) is 10.7. The quantitative estimate of drug-likeness (QED) is 0.525. The highest BCUT2D eigenvalue weighted by molar-refractivity contribution is 5.65. The summed E-state index contributed by atoms with van der Waals surface area (Å²) < 4.78 is 23.0. The fourth-order valence-electron chi connectivity index (χ4n) is 1.49. The van der Waals surface area contributed by atoms with Gasteiger partial charge in [0, 0.05) is 20.3 Å². The molecule has 0 atom stereocenters. The molecular formula is C13H21FN2O2. The molecule has 4 nitrogen and oxygen atoms in total. The Morgan fingerprint density at radius 2 is 2.06 bits per heavy atom. The summed E-state index contributed by atoms with van der Waals surface area (Å²) in [5, 5.41) is 3.17. The van der Waals surface area contributed by atoms with Gasteiger partial charge in [0.1, 0.15) is 5.82 Å². The molecule has 0 unspecified atom stereocenters. The monoisotopic (exact) mass is 256 g/mol. The maximum atomic E-state index is 12.8. The highest BCUT2D eigenvalue weighted by Gasteiger charge is 1.99. The molecule has 0 spiro atoms. The van der Waals surface area contributed by atoms with Crippen LogP contribution in [0.3, 0.4) is 0 Å². The topological polar surface area (TPSA) is 56.5 Å². The largest absolute Gasteiger partial charge is 0.397 e. The van der Waals surface area contributed by atoms with Crippen molar-refractivity contribution in [2.75, 3.05) is 44.5 Å². The smallest absolute Gasteiger partial charge is 0.125 e. The zero-order valence-corrected chi connectivity index (χ0v) is 10.7. The molecule has 0 aliphatic rings. The second-order valence-corrected chi connectivity index (χ2v) is 3.97. The first-order valence-corrected chi connectivity index (χ1v) is 6.09. The zero-order chi connectivity index (χ0) is 13.2. The number of unbranched alkanes of at least 4 members (excludes halogenated alkanes) is 1. The van der Waals surface area contributed by atoms with Gasteiger partial charge in [0.25, 0.3) is 0 Å². The van der Waals surface area contributed by atoms with Gasteiger partial charge in [-0.05, 0) is 31.0 Å². The van der Waals surface area contributed by atoms with Gasteiger partial charge in [0.15, 0.2) is 0 Å². The van der Waals surface area contributed by atoms with Crippen LogP contribution >= 0.6 is 0 Å². The Balaban J connectivity index is 2.07. The number of halogens is 1. The lowest BCUT2D eigenvalue weighted by molar-refractivity contribution is 0.0691. The number of nitrogen functional groups attached to an aromatic ring is 1. The van der Waals surface area contributed by atoms with Gasteiger partial charge in [0.2, 0.25) is 0 Å². The average molecular weight is 256 g/mol. The van der Waals surface area contributed by atoms with Gasteiger partial charge >= 0.3 is 0 Å². The molecule has 0 saturated heterocycles. The van der Waals surface area contributed by atoms with Gasteiger partial charge in [-0.25, -0.2) is 4.39 Å². The second kappa shape index (κ2) is 8.72. The first kappa shape index (κ1) is 14.7. The number of hydrogen-bond acceptors (Lipinski definition) is 4. The molecule has 18 heavy (non-hydrogen) atoms. The number of nitrogens with one attached hydrogen (secondary N) is 1. The standard InChI is InChI=1S/C13H21FN2O2/c1-17-8-9-18-7-3-2-6-16-13-5-4-11(14)10-12(13)15/h4-5,10,16H,2-3,6-9,15H2,1H3. The van der Waals surface area contributed by atoms with Crippen molar-refractivity contribution in [3.63, 3.8) is 0 Å². The van der Waals surface area contributed by atoms with Crippen LogP contribution in [0.1, 0.15) is 12.8 Å². The number of methoxy groups -OCH3 is 1. The van der Waals surface area contributed by atoms with Crippen molar-refractivity contribution in [3.8, 4) is 0 Å². The Morgan fingerprint density at radius 3 is 2.78 bits per heavy atom. The minimum atomic E-state index is -0.315. The van der Waals surface area contributed by atoms with Gasteiger partial charge in [-0.1, -0.05) is 0 Å². The summed E-state index contributed by atoms with van der Waals surface area (Å²) >= 11 is 0. The fourth-order valence-corrected chi connectivity index (χ4v) is 1.49. The third-order valence-electron chi connectivity index (χ3n) is 2.48. The SMILES string of the molecule is COCCOCCCCNc1ccc(F)cc1N. The van der Waals surface area contributed by atoms with E-state index < -0.39 is 0 Å². The number of nitrogens with two attached hydrogens (primary N) is 1. The van der Waals surface area contributed by atoms with Crippen LogP contribution < -0.4 is 11.1 Å². The Kier molecular flexibility index (Phi) is 7.13. The first-order valence-electron chi connectivity index (χ1n) is 6.09. The van der Waals surface area contributed by atoms with E-state index in [1.807, 2.05) is 0 Å². The third-order valence-corrected chi connectivity index (χ3v) is 2.48. The number of anilines is 2. The highest BCUT2D eigenvalue weighted by atomic mass is 19.1. The predicted octanol–water partition coefficient (Wildman–Crippen LogP) is 2.26. The number of benzene rings is 1. The minimum Gasteiger partial charge on any atom is -0.397 e. The molecule has 102 valence electrons. The maximum absolute atomic E-state index is 12.8. The third kappa shape index (κ3) is 5.84. The van der Waals surface area contributed by atoms with Crippen molar-refractivity contribution >= 4 is 11.4 Å². The van der Waals surface area contributed by atoms with Gasteiger partial charge in [0.05, 0.1) is 24.6 Å². The molecule has 0 saturated carbocycles. The van der Waals surface area contributed by atoms with Crippen LogP contribution in [0, 0.1) is 5.82 Å². The van der Waals surface area contributed by atoms with Gasteiger partial charge in [-0.15, -0.1) is 0 Å². The molecule has 0 aliphatic heterocycles. The minimum absolute atomic E-state index is 0.315. The molecule has 5 heteroatoms. The summed E-state index contributed by atoms with van der Waals surface area (Å²) in [6.45, 7) is 2.78. The summed E-state index contributed by atoms with van der Waals surface area (Å²) in [7, 11) is 1.65. The molecule has 0 radical (unpaired) electrons. The number of rotatable bonds is 9. The van der Waals surface area contributed by atoms with Crippen molar-refractivity contribution in [2.24, 2.45) is 0 Å². The van der Waals surface area contributed by atoms with Gasteiger partial charge in [-0.2, -0.15) is 0 Å². The number of ether oxygens (including phenoxy) is 2. The molecule has 0 amide bonds. The molecule has 1 aromatic rings. The molecule has 0 aliphatic carbocycles. The van der Waals surface area contributed by atoms with E-state index in [-0.39, 0.29) is 5.82 Å². The van der Waals surface area contributed by atoms with E-state index in [9.17, 15) is 4.39 Å². The lowest BCUT2D eigenvalue weighted by Crippen LogP contribution is -2.07. The van der Waals surface area contributed by atoms with E-state index in [0.717, 1.165) is 31.7 Å². The second-order valence-electron chi connectivity index (χ2n) is 3.97. The van der Waals surface area contributed by atoms with Crippen LogP contribution in [0.25, 0.3) is 0 Å². The van der Waals surface area contributed by atoms with Crippen molar-refractivity contribution in [3.05, 3.63) is 24.0 Å². The highest BCUT2D eigenvalue weighted by Crippen LogP contribution is 2.18. The summed E-state index contributed by atoms with van der Waals surface area (Å²) in [5.41, 5.74) is 6.89. The van der Waals surface area contributed by atoms with E-state index in [4.69, 9.17) is 15.2 Å². The van der Waals surface area contributed by atoms with Crippen LogP contribution in [0.5, 0.6) is 0 Å². The maximum Gasteiger partial charge on any atom is 0.125 e. The Bertz CT molecular complexity index is 348. The van der Waals surface area contributed by atoms with Crippen molar-refractivity contribution in [1.29, 1.82) is 0 Å².